The molecule has 0 saturated carbocycles. The van der Waals surface area contributed by atoms with E-state index in [0.29, 0.717) is 5.56 Å². The van der Waals surface area contributed by atoms with Gasteiger partial charge >= 0.3 is 0 Å². The number of benzene rings is 1. The molecule has 2 rings (SSSR count). The highest BCUT2D eigenvalue weighted by atomic mass is 127. The van der Waals surface area contributed by atoms with Crippen molar-refractivity contribution < 1.29 is 0 Å². The molecule has 5 heteroatoms. The Balaban J connectivity index is 2.54. The van der Waals surface area contributed by atoms with Crippen LogP contribution in [0.1, 0.15) is 12.5 Å². The third kappa shape index (κ3) is 2.64. The molecule has 0 saturated heterocycles. The lowest BCUT2D eigenvalue weighted by Gasteiger charge is -2.07. The molecule has 1 heterocycles. The number of nitriles is 1. The fraction of sp³-hybridized carbons (Fsp3) is 0.167. The van der Waals surface area contributed by atoms with Crippen molar-refractivity contribution in [3.8, 4) is 11.8 Å². The van der Waals surface area contributed by atoms with Crippen LogP contribution in [0.4, 0.5) is 0 Å². The number of hydrogen-bond donors (Lipinski definition) is 0. The molecule has 0 amide bonds. The van der Waals surface area contributed by atoms with Gasteiger partial charge in [-0.1, -0.05) is 13.0 Å². The van der Waals surface area contributed by atoms with Gasteiger partial charge in [0.1, 0.15) is 6.07 Å². The Kier molecular flexibility index (Phi) is 4.07. The molecule has 0 radical (unpaired) electrons. The van der Waals surface area contributed by atoms with E-state index in [2.05, 4.69) is 40.7 Å². The number of aromatic nitrogens is 2. The number of hydrogen-bond acceptors (Lipinski definition) is 3. The Morgan fingerprint density at radius 1 is 1.53 bits per heavy atom. The highest BCUT2D eigenvalue weighted by molar-refractivity contribution is 14.1. The van der Waals surface area contributed by atoms with E-state index in [1.54, 1.807) is 22.6 Å². The van der Waals surface area contributed by atoms with Crippen molar-refractivity contribution in [1.29, 1.82) is 5.26 Å². The molecule has 0 bridgehead atoms. The maximum absolute atomic E-state index is 9.29. The van der Waals surface area contributed by atoms with Crippen molar-refractivity contribution in [1.82, 2.24) is 9.78 Å². The summed E-state index contributed by atoms with van der Waals surface area (Å²) >= 11 is 3.88. The maximum Gasteiger partial charge on any atom is 0.103 e. The van der Waals surface area contributed by atoms with Crippen LogP contribution in [0.5, 0.6) is 0 Å². The highest BCUT2D eigenvalue weighted by Crippen LogP contribution is 2.26. The Morgan fingerprint density at radius 2 is 2.35 bits per heavy atom. The molecule has 0 spiro atoms. The van der Waals surface area contributed by atoms with Gasteiger partial charge in [-0.05, 0) is 40.5 Å². The molecule has 86 valence electrons. The summed E-state index contributed by atoms with van der Waals surface area (Å²) in [4.78, 5) is 1.01. The average molecular weight is 355 g/mol. The zero-order valence-corrected chi connectivity index (χ0v) is 12.2. The third-order valence-corrected chi connectivity index (χ3v) is 3.71. The van der Waals surface area contributed by atoms with Crippen molar-refractivity contribution in [2.45, 2.75) is 11.8 Å². The van der Waals surface area contributed by atoms with E-state index in [-0.39, 0.29) is 0 Å². The number of halogens is 1. The number of rotatable bonds is 3. The van der Waals surface area contributed by atoms with Crippen molar-refractivity contribution in [2.75, 3.05) is 5.75 Å². The summed E-state index contributed by atoms with van der Waals surface area (Å²) in [7, 11) is 0. The van der Waals surface area contributed by atoms with E-state index in [9.17, 15) is 5.26 Å². The van der Waals surface area contributed by atoms with Gasteiger partial charge in [-0.15, -0.1) is 11.8 Å². The lowest BCUT2D eigenvalue weighted by molar-refractivity contribution is 0.873. The molecule has 0 fully saturated rings. The van der Waals surface area contributed by atoms with Crippen LogP contribution >= 0.6 is 34.4 Å². The predicted octanol–water partition coefficient (Wildman–Crippen LogP) is 3.46. The second-order valence-electron chi connectivity index (χ2n) is 3.30. The molecular formula is C12H10IN3S. The van der Waals surface area contributed by atoms with E-state index in [0.717, 1.165) is 19.9 Å². The van der Waals surface area contributed by atoms with Crippen LogP contribution in [-0.4, -0.2) is 15.5 Å². The van der Waals surface area contributed by atoms with Gasteiger partial charge in [0.2, 0.25) is 0 Å². The molecule has 2 aromatic rings. The van der Waals surface area contributed by atoms with Crippen LogP contribution in [0.15, 0.2) is 35.5 Å². The summed E-state index contributed by atoms with van der Waals surface area (Å²) in [6.07, 6.45) is 3.69. The van der Waals surface area contributed by atoms with Gasteiger partial charge in [-0.3, -0.25) is 0 Å². The minimum atomic E-state index is 0.693. The van der Waals surface area contributed by atoms with Crippen LogP contribution in [0.3, 0.4) is 0 Å². The van der Waals surface area contributed by atoms with Crippen molar-refractivity contribution in [3.05, 3.63) is 39.7 Å². The Hall–Kier alpha value is -1.00. The van der Waals surface area contributed by atoms with Gasteiger partial charge in [-0.2, -0.15) is 10.4 Å². The summed E-state index contributed by atoms with van der Waals surface area (Å²) in [6, 6.07) is 8.13. The Bertz CT molecular complexity index is 571. The lowest BCUT2D eigenvalue weighted by Crippen LogP contribution is -1.99. The second kappa shape index (κ2) is 5.56. The van der Waals surface area contributed by atoms with E-state index in [4.69, 9.17) is 0 Å². The van der Waals surface area contributed by atoms with Gasteiger partial charge < -0.3 is 0 Å². The van der Waals surface area contributed by atoms with Crippen LogP contribution in [0.25, 0.3) is 5.69 Å². The third-order valence-electron chi connectivity index (χ3n) is 2.21. The smallest absolute Gasteiger partial charge is 0.103 e. The molecule has 0 atom stereocenters. The van der Waals surface area contributed by atoms with Crippen LogP contribution < -0.4 is 0 Å². The van der Waals surface area contributed by atoms with E-state index < -0.39 is 0 Å². The first-order valence-electron chi connectivity index (χ1n) is 5.12. The minimum Gasteiger partial charge on any atom is -0.239 e. The fourth-order valence-electron chi connectivity index (χ4n) is 1.53. The van der Waals surface area contributed by atoms with E-state index in [1.165, 1.54) is 0 Å². The normalized spacial score (nSPS) is 10.2. The second-order valence-corrected chi connectivity index (χ2v) is 5.85. The lowest BCUT2D eigenvalue weighted by atomic mass is 10.2. The van der Waals surface area contributed by atoms with Gasteiger partial charge in [-0.25, -0.2) is 4.68 Å². The SMILES string of the molecule is CCSc1cccc(-n2cc(I)cn2)c1C#N. The highest BCUT2D eigenvalue weighted by Gasteiger charge is 2.10. The molecule has 0 aliphatic carbocycles. The maximum atomic E-state index is 9.29. The first kappa shape index (κ1) is 12.5. The average Bonchev–Trinajstić information content (AvgIpc) is 2.76. The van der Waals surface area contributed by atoms with E-state index >= 15 is 0 Å². The molecule has 0 aliphatic rings. The summed E-state index contributed by atoms with van der Waals surface area (Å²) in [6.45, 7) is 2.08. The van der Waals surface area contributed by atoms with Crippen LogP contribution in [-0.2, 0) is 0 Å². The molecule has 0 N–H and O–H groups in total. The summed E-state index contributed by atoms with van der Waals surface area (Å²) in [5, 5.41) is 13.5. The number of nitrogens with zero attached hydrogens (tertiary/aromatic N) is 3. The zero-order valence-electron chi connectivity index (χ0n) is 9.22. The molecule has 0 unspecified atom stereocenters. The van der Waals surface area contributed by atoms with Crippen LogP contribution in [0, 0.1) is 14.9 Å². The molecule has 17 heavy (non-hydrogen) atoms. The summed E-state index contributed by atoms with van der Waals surface area (Å²) in [5.41, 5.74) is 1.53. The van der Waals surface area contributed by atoms with Gasteiger partial charge in [0, 0.05) is 11.1 Å². The van der Waals surface area contributed by atoms with Crippen LogP contribution in [0.2, 0.25) is 0 Å². The fourth-order valence-corrected chi connectivity index (χ4v) is 2.70. The zero-order chi connectivity index (χ0) is 12.3. The standard InChI is InChI=1S/C12H10IN3S/c1-2-17-12-5-3-4-11(10(12)6-14)16-8-9(13)7-15-16/h3-5,7-8H,2H2,1H3. The minimum absolute atomic E-state index is 0.693. The molecule has 1 aromatic carbocycles. The molecule has 1 aromatic heterocycles. The topological polar surface area (TPSA) is 41.6 Å². The summed E-state index contributed by atoms with van der Waals surface area (Å²) < 4.78 is 2.81. The first-order chi connectivity index (χ1) is 8.26. The molecule has 0 aliphatic heterocycles. The molecule has 3 nitrogen and oxygen atoms in total. The predicted molar refractivity (Wildman–Crippen MR) is 77.4 cm³/mol. The largest absolute Gasteiger partial charge is 0.239 e. The van der Waals surface area contributed by atoms with Crippen molar-refractivity contribution in [3.63, 3.8) is 0 Å². The monoisotopic (exact) mass is 355 g/mol. The summed E-state index contributed by atoms with van der Waals surface area (Å²) in [5.74, 6) is 0.953. The quantitative estimate of drug-likeness (QED) is 0.626. The van der Waals surface area contributed by atoms with Crippen molar-refractivity contribution >= 4 is 34.4 Å². The van der Waals surface area contributed by atoms with Gasteiger partial charge in [0.15, 0.2) is 0 Å². The van der Waals surface area contributed by atoms with Gasteiger partial charge in [0.25, 0.3) is 0 Å². The Morgan fingerprint density at radius 3 is 2.94 bits per heavy atom. The first-order valence-corrected chi connectivity index (χ1v) is 7.19. The molecular weight excluding hydrogens is 345 g/mol. The van der Waals surface area contributed by atoms with E-state index in [1.807, 2.05) is 24.4 Å². The van der Waals surface area contributed by atoms with Gasteiger partial charge in [0.05, 0.1) is 21.0 Å². The number of thioether (sulfide) groups is 1. The Labute approximate surface area is 118 Å². The van der Waals surface area contributed by atoms with Crippen molar-refractivity contribution in [2.24, 2.45) is 0 Å².